The van der Waals surface area contributed by atoms with E-state index in [1.54, 1.807) is 23.6 Å². The molecule has 0 bridgehead atoms. The van der Waals surface area contributed by atoms with E-state index in [4.69, 9.17) is 0 Å². The molecule has 0 aromatic heterocycles. The van der Waals surface area contributed by atoms with Gasteiger partial charge in [-0.3, -0.25) is 4.79 Å². The first-order chi connectivity index (χ1) is 9.15. The number of likely N-dealkylation sites (N-methyl/N-ethyl adjacent to an activating group) is 1. The van der Waals surface area contributed by atoms with E-state index in [0.29, 0.717) is 25.9 Å². The largest absolute Gasteiger partial charge is 0.481 e. The van der Waals surface area contributed by atoms with Crippen LogP contribution < -0.4 is 0 Å². The van der Waals surface area contributed by atoms with Gasteiger partial charge in [-0.1, -0.05) is 6.92 Å². The first-order valence-electron chi connectivity index (χ1n) is 7.15. The maximum atomic E-state index is 12.4. The topological polar surface area (TPSA) is 81.1 Å². The van der Waals surface area contributed by atoms with Crippen molar-refractivity contribution in [2.75, 3.05) is 26.2 Å². The van der Waals surface area contributed by atoms with Crippen molar-refractivity contribution in [1.82, 2.24) is 9.80 Å². The summed E-state index contributed by atoms with van der Waals surface area (Å²) < 4.78 is 0. The normalized spacial score (nSPS) is 22.9. The summed E-state index contributed by atoms with van der Waals surface area (Å²) in [4.78, 5) is 27.0. The van der Waals surface area contributed by atoms with Crippen molar-refractivity contribution < 1.29 is 19.8 Å². The number of nitrogens with zero attached hydrogens (tertiary/aromatic N) is 2. The summed E-state index contributed by atoms with van der Waals surface area (Å²) in [5, 5.41) is 19.2. The van der Waals surface area contributed by atoms with Gasteiger partial charge in [-0.15, -0.1) is 0 Å². The smallest absolute Gasteiger partial charge is 0.320 e. The van der Waals surface area contributed by atoms with Crippen molar-refractivity contribution in [1.29, 1.82) is 0 Å². The van der Waals surface area contributed by atoms with E-state index < -0.39 is 17.0 Å². The third-order valence-corrected chi connectivity index (χ3v) is 3.98. The number of likely N-dealkylation sites (tertiary alicyclic amines) is 1. The van der Waals surface area contributed by atoms with Gasteiger partial charge >= 0.3 is 12.0 Å². The summed E-state index contributed by atoms with van der Waals surface area (Å²) >= 11 is 0. The summed E-state index contributed by atoms with van der Waals surface area (Å²) in [6.45, 7) is 8.44. The van der Waals surface area contributed by atoms with Gasteiger partial charge in [0, 0.05) is 19.6 Å². The molecule has 1 atom stereocenters. The van der Waals surface area contributed by atoms with Gasteiger partial charge in [-0.2, -0.15) is 0 Å². The molecule has 1 rings (SSSR count). The Bertz CT molecular complexity index is 378. The number of carboxylic acid groups (broad SMARTS) is 1. The van der Waals surface area contributed by atoms with Crippen LogP contribution in [-0.2, 0) is 4.79 Å². The maximum Gasteiger partial charge on any atom is 0.320 e. The molecule has 1 aliphatic rings. The van der Waals surface area contributed by atoms with Crippen LogP contribution in [0.15, 0.2) is 0 Å². The van der Waals surface area contributed by atoms with Crippen LogP contribution in [0.2, 0.25) is 0 Å². The summed E-state index contributed by atoms with van der Waals surface area (Å²) in [5.74, 6) is -0.833. The Labute approximate surface area is 120 Å². The molecule has 2 N–H and O–H groups in total. The molecular formula is C14H26N2O4. The van der Waals surface area contributed by atoms with E-state index in [9.17, 15) is 19.8 Å². The second-order valence-electron chi connectivity index (χ2n) is 6.22. The number of carbonyl (C=O) groups is 2. The van der Waals surface area contributed by atoms with E-state index in [1.807, 2.05) is 13.8 Å². The van der Waals surface area contributed by atoms with Crippen LogP contribution in [0.5, 0.6) is 0 Å². The molecule has 6 heteroatoms. The number of hydrogen-bond donors (Lipinski definition) is 2. The van der Waals surface area contributed by atoms with Crippen LogP contribution in [0.4, 0.5) is 4.79 Å². The lowest BCUT2D eigenvalue weighted by atomic mass is 9.84. The van der Waals surface area contributed by atoms with Gasteiger partial charge in [-0.05, 0) is 33.6 Å². The summed E-state index contributed by atoms with van der Waals surface area (Å²) in [6.07, 6.45) is 1.01. The van der Waals surface area contributed by atoms with Crippen molar-refractivity contribution in [3.63, 3.8) is 0 Å². The quantitative estimate of drug-likeness (QED) is 0.800. The molecule has 0 aromatic rings. The van der Waals surface area contributed by atoms with Crippen LogP contribution in [0.3, 0.4) is 0 Å². The van der Waals surface area contributed by atoms with Gasteiger partial charge in [0.05, 0.1) is 17.6 Å². The zero-order valence-electron chi connectivity index (χ0n) is 12.8. The molecule has 20 heavy (non-hydrogen) atoms. The van der Waals surface area contributed by atoms with Gasteiger partial charge in [0.1, 0.15) is 0 Å². The molecule has 1 aliphatic heterocycles. The van der Waals surface area contributed by atoms with Crippen molar-refractivity contribution in [3.05, 3.63) is 0 Å². The SMILES string of the molecule is CCN(CC(C)(C)O)C(=O)N1CCC(CC)(C(=O)O)C1. The Morgan fingerprint density at radius 1 is 1.35 bits per heavy atom. The Morgan fingerprint density at radius 2 is 1.95 bits per heavy atom. The monoisotopic (exact) mass is 286 g/mol. The average molecular weight is 286 g/mol. The number of aliphatic carboxylic acids is 1. The van der Waals surface area contributed by atoms with Crippen LogP contribution in [-0.4, -0.2) is 63.8 Å². The van der Waals surface area contributed by atoms with Crippen molar-refractivity contribution in [3.8, 4) is 0 Å². The molecule has 1 unspecified atom stereocenters. The lowest BCUT2D eigenvalue weighted by Gasteiger charge is -2.32. The van der Waals surface area contributed by atoms with E-state index >= 15 is 0 Å². The molecular weight excluding hydrogens is 260 g/mol. The van der Waals surface area contributed by atoms with Gasteiger partial charge in [0.2, 0.25) is 0 Å². The zero-order chi connectivity index (χ0) is 15.6. The zero-order valence-corrected chi connectivity index (χ0v) is 12.8. The van der Waals surface area contributed by atoms with Gasteiger partial charge < -0.3 is 20.0 Å². The number of hydrogen-bond acceptors (Lipinski definition) is 3. The first kappa shape index (κ1) is 16.8. The van der Waals surface area contributed by atoms with E-state index in [0.717, 1.165) is 0 Å². The highest BCUT2D eigenvalue weighted by Gasteiger charge is 2.45. The van der Waals surface area contributed by atoms with Crippen LogP contribution in [0, 0.1) is 5.41 Å². The number of carboxylic acids is 1. The van der Waals surface area contributed by atoms with Gasteiger partial charge in [-0.25, -0.2) is 4.79 Å². The molecule has 0 spiro atoms. The van der Waals surface area contributed by atoms with Crippen LogP contribution in [0.1, 0.15) is 40.5 Å². The van der Waals surface area contributed by atoms with Crippen LogP contribution >= 0.6 is 0 Å². The van der Waals surface area contributed by atoms with E-state index in [2.05, 4.69) is 0 Å². The minimum absolute atomic E-state index is 0.189. The van der Waals surface area contributed by atoms with Crippen LogP contribution in [0.25, 0.3) is 0 Å². The summed E-state index contributed by atoms with van der Waals surface area (Å²) in [5.41, 5.74) is -1.77. The average Bonchev–Trinajstić information content (AvgIpc) is 2.79. The molecule has 0 radical (unpaired) electrons. The second kappa shape index (κ2) is 5.99. The lowest BCUT2D eigenvalue weighted by molar-refractivity contribution is -0.148. The fraction of sp³-hybridized carbons (Fsp3) is 0.857. The van der Waals surface area contributed by atoms with E-state index in [1.165, 1.54) is 0 Å². The van der Waals surface area contributed by atoms with Crippen molar-refractivity contribution in [2.45, 2.75) is 46.1 Å². The minimum Gasteiger partial charge on any atom is -0.481 e. The second-order valence-corrected chi connectivity index (χ2v) is 6.22. The number of urea groups is 1. The third kappa shape index (κ3) is 3.62. The Kier molecular flexibility index (Phi) is 5.02. The Morgan fingerprint density at radius 3 is 2.30 bits per heavy atom. The third-order valence-electron chi connectivity index (χ3n) is 3.98. The highest BCUT2D eigenvalue weighted by Crippen LogP contribution is 2.34. The van der Waals surface area contributed by atoms with Gasteiger partial charge in [0.25, 0.3) is 0 Å². The maximum absolute atomic E-state index is 12.4. The number of aliphatic hydroxyl groups is 1. The molecule has 116 valence electrons. The Hall–Kier alpha value is -1.30. The fourth-order valence-corrected chi connectivity index (χ4v) is 2.63. The molecule has 2 amide bonds. The standard InChI is InChI=1S/C14H26N2O4/c1-5-14(11(17)18)7-8-16(10-14)12(19)15(6-2)9-13(3,4)20/h20H,5-10H2,1-4H3,(H,17,18). The molecule has 1 saturated heterocycles. The number of rotatable bonds is 5. The minimum atomic E-state index is -0.958. The predicted octanol–water partition coefficient (Wildman–Crippen LogP) is 1.39. The molecule has 1 heterocycles. The molecule has 0 saturated carbocycles. The summed E-state index contributed by atoms with van der Waals surface area (Å²) in [6, 6.07) is -0.189. The highest BCUT2D eigenvalue weighted by atomic mass is 16.4. The van der Waals surface area contributed by atoms with Crippen molar-refractivity contribution in [2.24, 2.45) is 5.41 Å². The molecule has 0 aromatic carbocycles. The summed E-state index contributed by atoms with van der Waals surface area (Å²) in [7, 11) is 0. The highest BCUT2D eigenvalue weighted by molar-refractivity contribution is 5.79. The van der Waals surface area contributed by atoms with E-state index in [-0.39, 0.29) is 19.1 Å². The lowest BCUT2D eigenvalue weighted by Crippen LogP contribution is -2.48. The Balaban J connectivity index is 2.76. The number of carbonyl (C=O) groups excluding carboxylic acids is 1. The number of amides is 2. The van der Waals surface area contributed by atoms with Gasteiger partial charge in [0.15, 0.2) is 0 Å². The molecule has 1 fully saturated rings. The molecule has 6 nitrogen and oxygen atoms in total. The molecule has 0 aliphatic carbocycles. The fourth-order valence-electron chi connectivity index (χ4n) is 2.63. The first-order valence-corrected chi connectivity index (χ1v) is 7.15. The van der Waals surface area contributed by atoms with Crippen molar-refractivity contribution >= 4 is 12.0 Å². The predicted molar refractivity (Wildman–Crippen MR) is 75.5 cm³/mol.